The molecule has 0 saturated carbocycles. The summed E-state index contributed by atoms with van der Waals surface area (Å²) in [7, 11) is 0. The standard InChI is InChI=1S/C18H17N3O5/c1-3-13(14-8-7-10(2)26-14)20-16-15(17(22)18(16)23)19-11-5-4-6-12(9-11)21(24)25/h4-9,13,19-20H,3H2,1-2H3/t13-/m1/s1. The van der Waals surface area contributed by atoms with Crippen LogP contribution in [-0.4, -0.2) is 4.92 Å². The summed E-state index contributed by atoms with van der Waals surface area (Å²) in [6.07, 6.45) is 0.641. The first-order valence-electron chi connectivity index (χ1n) is 8.08. The van der Waals surface area contributed by atoms with E-state index in [1.165, 1.54) is 18.2 Å². The first kappa shape index (κ1) is 17.4. The topological polar surface area (TPSA) is 114 Å². The van der Waals surface area contributed by atoms with E-state index in [1.807, 2.05) is 26.0 Å². The fourth-order valence-electron chi connectivity index (χ4n) is 2.68. The van der Waals surface area contributed by atoms with Crippen LogP contribution in [0.5, 0.6) is 0 Å². The number of nitro groups is 1. The quantitative estimate of drug-likeness (QED) is 0.379. The number of aryl methyl sites for hydroxylation is 1. The average molecular weight is 355 g/mol. The average Bonchev–Trinajstić information content (AvgIpc) is 3.07. The number of rotatable bonds is 7. The van der Waals surface area contributed by atoms with E-state index in [0.29, 0.717) is 17.9 Å². The van der Waals surface area contributed by atoms with E-state index in [2.05, 4.69) is 10.6 Å². The summed E-state index contributed by atoms with van der Waals surface area (Å²) >= 11 is 0. The molecule has 1 atom stereocenters. The molecule has 0 aliphatic heterocycles. The highest BCUT2D eigenvalue weighted by Crippen LogP contribution is 2.28. The van der Waals surface area contributed by atoms with Gasteiger partial charge in [0.1, 0.15) is 22.9 Å². The molecule has 0 fully saturated rings. The lowest BCUT2D eigenvalue weighted by Gasteiger charge is -2.20. The molecule has 3 rings (SSSR count). The summed E-state index contributed by atoms with van der Waals surface area (Å²) in [6.45, 7) is 3.75. The maximum absolute atomic E-state index is 12.0. The zero-order chi connectivity index (χ0) is 18.8. The van der Waals surface area contributed by atoms with Crippen molar-refractivity contribution < 1.29 is 9.34 Å². The number of nitrogens with one attached hydrogen (secondary N) is 2. The van der Waals surface area contributed by atoms with Gasteiger partial charge in [0.25, 0.3) is 16.5 Å². The summed E-state index contributed by atoms with van der Waals surface area (Å²) < 4.78 is 5.59. The SMILES string of the molecule is CC[C@@H](Nc1c(Nc2cccc([N+](=O)[O-])c2)c(=O)c1=O)c1ccc(C)o1. The summed E-state index contributed by atoms with van der Waals surface area (Å²) in [6, 6.07) is 9.10. The van der Waals surface area contributed by atoms with Gasteiger partial charge in [-0.2, -0.15) is 0 Å². The zero-order valence-electron chi connectivity index (χ0n) is 14.2. The van der Waals surface area contributed by atoms with Gasteiger partial charge in [0.05, 0.1) is 11.0 Å². The number of benzene rings is 1. The second-order valence-corrected chi connectivity index (χ2v) is 5.89. The molecule has 2 N–H and O–H groups in total. The third-order valence-electron chi connectivity index (χ3n) is 4.07. The van der Waals surface area contributed by atoms with Crippen molar-refractivity contribution in [1.29, 1.82) is 0 Å². The summed E-state index contributed by atoms with van der Waals surface area (Å²) in [5, 5.41) is 16.7. The highest BCUT2D eigenvalue weighted by atomic mass is 16.6. The van der Waals surface area contributed by atoms with Crippen molar-refractivity contribution in [2.45, 2.75) is 26.3 Å². The van der Waals surface area contributed by atoms with Gasteiger partial charge in [0, 0.05) is 17.8 Å². The first-order valence-corrected chi connectivity index (χ1v) is 8.08. The molecule has 0 aliphatic carbocycles. The third kappa shape index (κ3) is 3.21. The molecular formula is C18H17N3O5. The Kier molecular flexibility index (Phi) is 4.57. The van der Waals surface area contributed by atoms with Crippen LogP contribution in [0.15, 0.2) is 50.4 Å². The lowest BCUT2D eigenvalue weighted by atomic mass is 10.1. The van der Waals surface area contributed by atoms with E-state index in [9.17, 15) is 19.7 Å². The van der Waals surface area contributed by atoms with Crippen LogP contribution in [0.4, 0.5) is 22.7 Å². The largest absolute Gasteiger partial charge is 0.464 e. The minimum atomic E-state index is -0.663. The van der Waals surface area contributed by atoms with Crippen molar-refractivity contribution in [3.63, 3.8) is 0 Å². The molecule has 0 spiro atoms. The normalized spacial score (nSPS) is 12.1. The molecule has 1 heterocycles. The Morgan fingerprint density at radius 1 is 1.15 bits per heavy atom. The minimum absolute atomic E-state index is 0.0947. The third-order valence-corrected chi connectivity index (χ3v) is 4.07. The predicted molar refractivity (Wildman–Crippen MR) is 97.8 cm³/mol. The number of nitro benzene ring substituents is 1. The Morgan fingerprint density at radius 2 is 1.88 bits per heavy atom. The fourth-order valence-corrected chi connectivity index (χ4v) is 2.68. The van der Waals surface area contributed by atoms with Gasteiger partial charge >= 0.3 is 0 Å². The number of non-ortho nitro benzene ring substituents is 1. The number of hydrogen-bond acceptors (Lipinski definition) is 7. The number of hydrogen-bond donors (Lipinski definition) is 2. The molecule has 0 amide bonds. The van der Waals surface area contributed by atoms with E-state index in [-0.39, 0.29) is 23.1 Å². The molecule has 1 aromatic heterocycles. The Morgan fingerprint density at radius 3 is 2.50 bits per heavy atom. The molecule has 3 aromatic rings. The van der Waals surface area contributed by atoms with Crippen LogP contribution < -0.4 is 21.5 Å². The molecular weight excluding hydrogens is 338 g/mol. The molecule has 8 nitrogen and oxygen atoms in total. The van der Waals surface area contributed by atoms with Gasteiger partial charge in [-0.05, 0) is 31.5 Å². The molecule has 0 bridgehead atoms. The van der Waals surface area contributed by atoms with Crippen LogP contribution >= 0.6 is 0 Å². The summed E-state index contributed by atoms with van der Waals surface area (Å²) in [5.74, 6) is 1.42. The second kappa shape index (κ2) is 6.83. The summed E-state index contributed by atoms with van der Waals surface area (Å²) in [5.41, 5.74) is -0.791. The van der Waals surface area contributed by atoms with E-state index in [4.69, 9.17) is 4.42 Å². The predicted octanol–water partition coefficient (Wildman–Crippen LogP) is 3.40. The van der Waals surface area contributed by atoms with E-state index < -0.39 is 15.8 Å². The van der Waals surface area contributed by atoms with Crippen molar-refractivity contribution in [3.05, 3.63) is 78.5 Å². The number of furan rings is 1. The maximum Gasteiger partial charge on any atom is 0.271 e. The van der Waals surface area contributed by atoms with Crippen LogP contribution in [0.1, 0.15) is 30.9 Å². The Bertz CT molecular complexity index is 1030. The highest BCUT2D eigenvalue weighted by Gasteiger charge is 2.25. The van der Waals surface area contributed by atoms with Crippen LogP contribution in [0.3, 0.4) is 0 Å². The molecule has 0 radical (unpaired) electrons. The van der Waals surface area contributed by atoms with Crippen molar-refractivity contribution >= 4 is 22.7 Å². The van der Waals surface area contributed by atoms with E-state index in [1.54, 1.807) is 6.07 Å². The monoisotopic (exact) mass is 355 g/mol. The Hall–Kier alpha value is -3.42. The van der Waals surface area contributed by atoms with Gasteiger partial charge in [0.15, 0.2) is 0 Å². The first-order chi connectivity index (χ1) is 12.4. The maximum atomic E-state index is 12.0. The van der Waals surface area contributed by atoms with Gasteiger partial charge in [0.2, 0.25) is 0 Å². The van der Waals surface area contributed by atoms with Crippen LogP contribution in [0, 0.1) is 17.0 Å². The highest BCUT2D eigenvalue weighted by molar-refractivity contribution is 5.79. The molecule has 0 unspecified atom stereocenters. The van der Waals surface area contributed by atoms with Crippen molar-refractivity contribution in [1.82, 2.24) is 0 Å². The molecule has 26 heavy (non-hydrogen) atoms. The van der Waals surface area contributed by atoms with Crippen LogP contribution in [0.25, 0.3) is 0 Å². The number of anilines is 3. The lowest BCUT2D eigenvalue weighted by molar-refractivity contribution is -0.384. The molecule has 2 aromatic carbocycles. The Labute approximate surface area is 148 Å². The van der Waals surface area contributed by atoms with Crippen LogP contribution in [-0.2, 0) is 0 Å². The van der Waals surface area contributed by atoms with Crippen molar-refractivity contribution in [2.75, 3.05) is 10.6 Å². The molecule has 8 heteroatoms. The summed E-state index contributed by atoms with van der Waals surface area (Å²) in [4.78, 5) is 34.3. The minimum Gasteiger partial charge on any atom is -0.464 e. The van der Waals surface area contributed by atoms with Gasteiger partial charge in [-0.1, -0.05) is 13.0 Å². The van der Waals surface area contributed by atoms with Gasteiger partial charge < -0.3 is 15.1 Å². The number of nitrogens with zero attached hydrogens (tertiary/aromatic N) is 1. The van der Waals surface area contributed by atoms with Gasteiger partial charge in [-0.15, -0.1) is 0 Å². The van der Waals surface area contributed by atoms with Gasteiger partial charge in [-0.3, -0.25) is 19.7 Å². The Balaban J connectivity index is 1.86. The molecule has 134 valence electrons. The van der Waals surface area contributed by atoms with Gasteiger partial charge in [-0.25, -0.2) is 0 Å². The van der Waals surface area contributed by atoms with Crippen molar-refractivity contribution in [2.24, 2.45) is 0 Å². The van der Waals surface area contributed by atoms with E-state index >= 15 is 0 Å². The smallest absolute Gasteiger partial charge is 0.271 e. The fraction of sp³-hybridized carbons (Fsp3) is 0.222. The van der Waals surface area contributed by atoms with Crippen LogP contribution in [0.2, 0.25) is 0 Å². The molecule has 0 saturated heterocycles. The molecule has 0 aliphatic rings. The van der Waals surface area contributed by atoms with Crippen molar-refractivity contribution in [3.8, 4) is 0 Å². The van der Waals surface area contributed by atoms with E-state index in [0.717, 1.165) is 5.76 Å². The second-order valence-electron chi connectivity index (χ2n) is 5.89. The zero-order valence-corrected chi connectivity index (χ0v) is 14.2. The lowest BCUT2D eigenvalue weighted by Crippen LogP contribution is -2.37.